The van der Waals surface area contributed by atoms with E-state index in [-0.39, 0.29) is 12.4 Å². The highest BCUT2D eigenvalue weighted by Crippen LogP contribution is 2.26. The zero-order valence-corrected chi connectivity index (χ0v) is 16.8. The molecule has 0 spiro atoms. The van der Waals surface area contributed by atoms with Gasteiger partial charge in [0.1, 0.15) is 0 Å². The molecule has 2 aliphatic rings. The van der Waals surface area contributed by atoms with E-state index in [1.807, 2.05) is 6.92 Å². The van der Waals surface area contributed by atoms with Gasteiger partial charge in [-0.25, -0.2) is 9.98 Å². The third kappa shape index (κ3) is 6.76. The van der Waals surface area contributed by atoms with Crippen LogP contribution in [-0.2, 0) is 6.54 Å². The van der Waals surface area contributed by atoms with Gasteiger partial charge in [-0.3, -0.25) is 4.90 Å². The van der Waals surface area contributed by atoms with Crippen LogP contribution in [0.1, 0.15) is 44.6 Å². The van der Waals surface area contributed by atoms with Gasteiger partial charge in [-0.15, -0.1) is 0 Å². The maximum atomic E-state index is 12.5. The first kappa shape index (κ1) is 21.7. The third-order valence-corrected chi connectivity index (χ3v) is 5.38. The van der Waals surface area contributed by atoms with Crippen LogP contribution in [0.2, 0.25) is 0 Å². The molecule has 29 heavy (non-hydrogen) atoms. The molecule has 1 saturated carbocycles. The van der Waals surface area contributed by atoms with Crippen molar-refractivity contribution in [1.82, 2.24) is 20.5 Å². The maximum absolute atomic E-state index is 12.5. The van der Waals surface area contributed by atoms with Gasteiger partial charge < -0.3 is 15.4 Å². The van der Waals surface area contributed by atoms with Crippen LogP contribution in [0.3, 0.4) is 0 Å². The molecule has 1 saturated heterocycles. The first-order chi connectivity index (χ1) is 13.9. The van der Waals surface area contributed by atoms with Gasteiger partial charge in [0.25, 0.3) is 0 Å². The lowest BCUT2D eigenvalue weighted by Gasteiger charge is -2.24. The molecule has 1 atom stereocenters. The Morgan fingerprint density at radius 3 is 2.83 bits per heavy atom. The van der Waals surface area contributed by atoms with Crippen molar-refractivity contribution in [2.45, 2.75) is 63.8 Å². The predicted molar refractivity (Wildman–Crippen MR) is 106 cm³/mol. The molecule has 0 radical (unpaired) electrons. The lowest BCUT2D eigenvalue weighted by Crippen LogP contribution is -2.45. The van der Waals surface area contributed by atoms with E-state index in [1.165, 1.54) is 31.9 Å². The van der Waals surface area contributed by atoms with Crippen molar-refractivity contribution in [2.24, 2.45) is 4.99 Å². The largest absolute Gasteiger partial charge is 0.468 e. The standard InChI is InChI=1S/C20H30F3N5O/c1-2-24-19(27-16-9-11-28(13-16)17-7-3-4-8-17)26-12-15-6-5-10-25-18(15)29-14-20(21,22)23/h5-6,10,16-17H,2-4,7-9,11-14H2,1H3,(H2,24,26,27). The summed E-state index contributed by atoms with van der Waals surface area (Å²) in [5.74, 6) is 0.633. The number of hydrogen-bond acceptors (Lipinski definition) is 4. The number of aliphatic imine (C=N–C) groups is 1. The van der Waals surface area contributed by atoms with Crippen LogP contribution in [-0.4, -0.2) is 60.3 Å². The Morgan fingerprint density at radius 2 is 2.10 bits per heavy atom. The quantitative estimate of drug-likeness (QED) is 0.531. The van der Waals surface area contributed by atoms with E-state index >= 15 is 0 Å². The summed E-state index contributed by atoms with van der Waals surface area (Å²) in [6.07, 6.45) is 3.32. The van der Waals surface area contributed by atoms with Crippen molar-refractivity contribution in [3.8, 4) is 5.88 Å². The van der Waals surface area contributed by atoms with Gasteiger partial charge in [-0.1, -0.05) is 18.9 Å². The summed E-state index contributed by atoms with van der Waals surface area (Å²) in [5, 5.41) is 6.69. The topological polar surface area (TPSA) is 61.8 Å². The number of hydrogen-bond donors (Lipinski definition) is 2. The molecule has 0 amide bonds. The number of likely N-dealkylation sites (tertiary alicyclic amines) is 1. The fourth-order valence-corrected chi connectivity index (χ4v) is 4.01. The van der Waals surface area contributed by atoms with E-state index < -0.39 is 12.8 Å². The van der Waals surface area contributed by atoms with E-state index in [1.54, 1.807) is 12.1 Å². The summed E-state index contributed by atoms with van der Waals surface area (Å²) in [4.78, 5) is 11.0. The van der Waals surface area contributed by atoms with Crippen LogP contribution < -0.4 is 15.4 Å². The highest BCUT2D eigenvalue weighted by molar-refractivity contribution is 5.80. The van der Waals surface area contributed by atoms with Crippen LogP contribution in [0, 0.1) is 0 Å². The Bertz CT molecular complexity index is 676. The van der Waals surface area contributed by atoms with Gasteiger partial charge in [0.05, 0.1) is 6.54 Å². The van der Waals surface area contributed by atoms with E-state index in [2.05, 4.69) is 25.5 Å². The lowest BCUT2D eigenvalue weighted by molar-refractivity contribution is -0.154. The maximum Gasteiger partial charge on any atom is 0.422 e. The minimum absolute atomic E-state index is 0.0299. The van der Waals surface area contributed by atoms with E-state index in [9.17, 15) is 13.2 Å². The number of alkyl halides is 3. The molecule has 1 aliphatic carbocycles. The first-order valence-corrected chi connectivity index (χ1v) is 10.4. The number of nitrogens with zero attached hydrogens (tertiary/aromatic N) is 3. The molecule has 1 unspecified atom stereocenters. The number of aromatic nitrogens is 1. The zero-order chi connectivity index (χ0) is 20.7. The fourth-order valence-electron chi connectivity index (χ4n) is 4.01. The molecular weight excluding hydrogens is 383 g/mol. The van der Waals surface area contributed by atoms with Crippen molar-refractivity contribution in [1.29, 1.82) is 0 Å². The summed E-state index contributed by atoms with van der Waals surface area (Å²) in [6.45, 7) is 3.61. The van der Waals surface area contributed by atoms with Gasteiger partial charge in [0.15, 0.2) is 12.6 Å². The molecule has 2 fully saturated rings. The Balaban J connectivity index is 1.58. The molecule has 9 heteroatoms. The van der Waals surface area contributed by atoms with Crippen molar-refractivity contribution in [3.05, 3.63) is 23.9 Å². The van der Waals surface area contributed by atoms with Crippen LogP contribution in [0.15, 0.2) is 23.3 Å². The third-order valence-electron chi connectivity index (χ3n) is 5.38. The van der Waals surface area contributed by atoms with Gasteiger partial charge in [-0.2, -0.15) is 13.2 Å². The number of rotatable bonds is 7. The van der Waals surface area contributed by atoms with E-state index in [0.29, 0.717) is 30.2 Å². The number of pyridine rings is 1. The second-order valence-corrected chi connectivity index (χ2v) is 7.63. The SMILES string of the molecule is CCNC(=NCc1cccnc1OCC(F)(F)F)NC1CCN(C2CCCC2)C1. The molecule has 0 aromatic carbocycles. The molecule has 1 aliphatic heterocycles. The van der Waals surface area contributed by atoms with Gasteiger partial charge in [0.2, 0.25) is 5.88 Å². The Morgan fingerprint density at radius 1 is 1.31 bits per heavy atom. The highest BCUT2D eigenvalue weighted by atomic mass is 19.4. The van der Waals surface area contributed by atoms with Crippen molar-refractivity contribution in [3.63, 3.8) is 0 Å². The summed E-state index contributed by atoms with van der Waals surface area (Å²) in [5.41, 5.74) is 0.521. The van der Waals surface area contributed by atoms with Crippen LogP contribution >= 0.6 is 0 Å². The zero-order valence-electron chi connectivity index (χ0n) is 16.8. The number of guanidine groups is 1. The van der Waals surface area contributed by atoms with Gasteiger partial charge >= 0.3 is 6.18 Å². The smallest absolute Gasteiger partial charge is 0.422 e. The lowest BCUT2D eigenvalue weighted by atomic mass is 10.2. The second-order valence-electron chi connectivity index (χ2n) is 7.63. The van der Waals surface area contributed by atoms with E-state index in [0.717, 1.165) is 19.5 Å². The summed E-state index contributed by atoms with van der Waals surface area (Å²) < 4.78 is 42.2. The molecule has 6 nitrogen and oxygen atoms in total. The molecule has 3 rings (SSSR count). The van der Waals surface area contributed by atoms with Gasteiger partial charge in [-0.05, 0) is 32.3 Å². The molecule has 162 valence electrons. The Labute approximate surface area is 169 Å². The van der Waals surface area contributed by atoms with E-state index in [4.69, 9.17) is 4.74 Å². The molecular formula is C20H30F3N5O. The average molecular weight is 413 g/mol. The van der Waals surface area contributed by atoms with Crippen LogP contribution in [0.5, 0.6) is 5.88 Å². The Kier molecular flexibility index (Phi) is 7.57. The Hall–Kier alpha value is -2.03. The number of halogens is 3. The van der Waals surface area contributed by atoms with Gasteiger partial charge in [0, 0.05) is 43.5 Å². The summed E-state index contributed by atoms with van der Waals surface area (Å²) in [7, 11) is 0. The summed E-state index contributed by atoms with van der Waals surface area (Å²) >= 11 is 0. The van der Waals surface area contributed by atoms with Crippen molar-refractivity contribution < 1.29 is 17.9 Å². The fraction of sp³-hybridized carbons (Fsp3) is 0.700. The first-order valence-electron chi connectivity index (χ1n) is 10.4. The van der Waals surface area contributed by atoms with Crippen LogP contribution in [0.25, 0.3) is 0 Å². The summed E-state index contributed by atoms with van der Waals surface area (Å²) in [6, 6.07) is 4.39. The normalized spacial score (nSPS) is 21.5. The minimum atomic E-state index is -4.40. The van der Waals surface area contributed by atoms with Crippen molar-refractivity contribution in [2.75, 3.05) is 26.2 Å². The molecule has 1 aromatic rings. The molecule has 2 N–H and O–H groups in total. The monoisotopic (exact) mass is 413 g/mol. The second kappa shape index (κ2) is 10.1. The molecule has 1 aromatic heterocycles. The molecule has 0 bridgehead atoms. The highest BCUT2D eigenvalue weighted by Gasteiger charge is 2.30. The number of nitrogens with one attached hydrogen (secondary N) is 2. The minimum Gasteiger partial charge on any atom is -0.468 e. The molecule has 2 heterocycles. The van der Waals surface area contributed by atoms with Crippen molar-refractivity contribution >= 4 is 5.96 Å². The predicted octanol–water partition coefficient (Wildman–Crippen LogP) is 3.09. The van der Waals surface area contributed by atoms with Crippen LogP contribution in [0.4, 0.5) is 13.2 Å². The average Bonchev–Trinajstić information content (AvgIpc) is 3.36. The number of ether oxygens (including phenoxy) is 1.